The van der Waals surface area contributed by atoms with Crippen molar-refractivity contribution in [2.75, 3.05) is 18.4 Å². The van der Waals surface area contributed by atoms with Gasteiger partial charge in [-0.2, -0.15) is 0 Å². The SMILES string of the molecule is CC(C)(C)c1cc2c(cc1CC(C)(C)c1ccc3c(c1)NCCC3)CCNC2. The van der Waals surface area contributed by atoms with E-state index in [9.17, 15) is 0 Å². The van der Waals surface area contributed by atoms with Crippen molar-refractivity contribution in [2.24, 2.45) is 0 Å². The summed E-state index contributed by atoms with van der Waals surface area (Å²) in [6.07, 6.45) is 4.68. The molecule has 150 valence electrons. The standard InChI is InChI=1S/C26H36N2/c1-25(2,3)23-14-21-17-27-12-10-19(21)13-20(23)16-26(4,5)22-9-8-18-7-6-11-28-24(18)15-22/h8-9,13-15,27-28H,6-7,10-12,16-17H2,1-5H3. The molecule has 0 saturated carbocycles. The molecular weight excluding hydrogens is 340 g/mol. The summed E-state index contributed by atoms with van der Waals surface area (Å²) < 4.78 is 0. The lowest BCUT2D eigenvalue weighted by Gasteiger charge is -2.33. The first-order valence-electron chi connectivity index (χ1n) is 11.0. The number of fused-ring (bicyclic) bond motifs is 2. The molecule has 2 aliphatic rings. The predicted octanol–water partition coefficient (Wildman–Crippen LogP) is 5.51. The molecule has 0 radical (unpaired) electrons. The van der Waals surface area contributed by atoms with Gasteiger partial charge >= 0.3 is 0 Å². The van der Waals surface area contributed by atoms with Gasteiger partial charge in [-0.3, -0.25) is 0 Å². The van der Waals surface area contributed by atoms with Gasteiger partial charge in [-0.1, -0.05) is 58.9 Å². The molecule has 0 bridgehead atoms. The highest BCUT2D eigenvalue weighted by molar-refractivity contribution is 5.56. The molecule has 0 unspecified atom stereocenters. The minimum absolute atomic E-state index is 0.106. The minimum atomic E-state index is 0.106. The van der Waals surface area contributed by atoms with Crippen molar-refractivity contribution >= 4 is 5.69 Å². The van der Waals surface area contributed by atoms with Crippen molar-refractivity contribution in [1.29, 1.82) is 0 Å². The molecule has 0 aliphatic carbocycles. The summed E-state index contributed by atoms with van der Waals surface area (Å²) in [5.74, 6) is 0. The highest BCUT2D eigenvalue weighted by Crippen LogP contribution is 2.37. The lowest BCUT2D eigenvalue weighted by molar-refractivity contribution is 0.504. The molecule has 2 aliphatic heterocycles. The summed E-state index contributed by atoms with van der Waals surface area (Å²) in [5.41, 5.74) is 10.6. The second-order valence-corrected chi connectivity index (χ2v) is 10.4. The number of hydrogen-bond acceptors (Lipinski definition) is 2. The fourth-order valence-electron chi connectivity index (χ4n) is 4.89. The average molecular weight is 377 g/mol. The van der Waals surface area contributed by atoms with E-state index in [0.717, 1.165) is 32.5 Å². The minimum Gasteiger partial charge on any atom is -0.385 e. The lowest BCUT2D eigenvalue weighted by Crippen LogP contribution is -2.28. The van der Waals surface area contributed by atoms with E-state index >= 15 is 0 Å². The van der Waals surface area contributed by atoms with Crippen LogP contribution in [0.4, 0.5) is 5.69 Å². The zero-order valence-electron chi connectivity index (χ0n) is 18.3. The Balaban J connectivity index is 1.71. The quantitative estimate of drug-likeness (QED) is 0.738. The molecule has 0 saturated heterocycles. The van der Waals surface area contributed by atoms with Crippen molar-refractivity contribution in [3.05, 3.63) is 63.7 Å². The van der Waals surface area contributed by atoms with Crippen LogP contribution in [-0.2, 0) is 36.6 Å². The molecule has 2 N–H and O–H groups in total. The molecule has 28 heavy (non-hydrogen) atoms. The van der Waals surface area contributed by atoms with Crippen LogP contribution >= 0.6 is 0 Å². The number of benzene rings is 2. The van der Waals surface area contributed by atoms with Gasteiger partial charge in [0.05, 0.1) is 0 Å². The molecule has 0 atom stereocenters. The van der Waals surface area contributed by atoms with Gasteiger partial charge < -0.3 is 10.6 Å². The third kappa shape index (κ3) is 3.85. The fraction of sp³-hybridized carbons (Fsp3) is 0.538. The second kappa shape index (κ2) is 7.22. The smallest absolute Gasteiger partial charge is 0.0375 e. The van der Waals surface area contributed by atoms with Crippen LogP contribution in [0.3, 0.4) is 0 Å². The Morgan fingerprint density at radius 1 is 0.857 bits per heavy atom. The molecule has 4 rings (SSSR count). The van der Waals surface area contributed by atoms with E-state index in [-0.39, 0.29) is 10.8 Å². The predicted molar refractivity (Wildman–Crippen MR) is 121 cm³/mol. The van der Waals surface area contributed by atoms with Crippen molar-refractivity contribution in [2.45, 2.75) is 77.7 Å². The Labute approximate surface area is 171 Å². The number of anilines is 1. The summed E-state index contributed by atoms with van der Waals surface area (Å²) in [7, 11) is 0. The lowest BCUT2D eigenvalue weighted by atomic mass is 9.73. The Kier molecular flexibility index (Phi) is 5.03. The summed E-state index contributed by atoms with van der Waals surface area (Å²) in [6.45, 7) is 15.1. The number of rotatable bonds is 3. The van der Waals surface area contributed by atoms with Crippen molar-refractivity contribution in [1.82, 2.24) is 5.32 Å². The normalized spacial score (nSPS) is 16.9. The molecule has 2 aromatic carbocycles. The van der Waals surface area contributed by atoms with E-state index in [1.54, 1.807) is 5.56 Å². The first-order valence-corrected chi connectivity index (χ1v) is 11.0. The van der Waals surface area contributed by atoms with E-state index < -0.39 is 0 Å². The van der Waals surface area contributed by atoms with Gasteiger partial charge in [-0.15, -0.1) is 0 Å². The molecule has 0 aromatic heterocycles. The van der Waals surface area contributed by atoms with Crippen LogP contribution in [0.5, 0.6) is 0 Å². The maximum atomic E-state index is 3.61. The van der Waals surface area contributed by atoms with Gasteiger partial charge in [0.15, 0.2) is 0 Å². The fourth-order valence-corrected chi connectivity index (χ4v) is 4.89. The molecular formula is C26H36N2. The summed E-state index contributed by atoms with van der Waals surface area (Å²) in [6, 6.07) is 12.1. The molecule has 2 heteroatoms. The topological polar surface area (TPSA) is 24.1 Å². The largest absolute Gasteiger partial charge is 0.385 e. The Morgan fingerprint density at radius 3 is 2.46 bits per heavy atom. The van der Waals surface area contributed by atoms with Crippen molar-refractivity contribution < 1.29 is 0 Å². The van der Waals surface area contributed by atoms with Crippen molar-refractivity contribution in [3.63, 3.8) is 0 Å². The second-order valence-electron chi connectivity index (χ2n) is 10.4. The van der Waals surface area contributed by atoms with Crippen LogP contribution in [0.25, 0.3) is 0 Å². The van der Waals surface area contributed by atoms with E-state index in [2.05, 4.69) is 75.6 Å². The Morgan fingerprint density at radius 2 is 1.68 bits per heavy atom. The number of hydrogen-bond donors (Lipinski definition) is 2. The van der Waals surface area contributed by atoms with Crippen LogP contribution < -0.4 is 10.6 Å². The van der Waals surface area contributed by atoms with Gasteiger partial charge in [0.1, 0.15) is 0 Å². The van der Waals surface area contributed by atoms with Crippen LogP contribution in [-0.4, -0.2) is 13.1 Å². The summed E-state index contributed by atoms with van der Waals surface area (Å²) in [4.78, 5) is 0. The zero-order valence-corrected chi connectivity index (χ0v) is 18.3. The third-order valence-corrected chi connectivity index (χ3v) is 6.58. The monoisotopic (exact) mass is 376 g/mol. The van der Waals surface area contributed by atoms with Crippen molar-refractivity contribution in [3.8, 4) is 0 Å². The highest BCUT2D eigenvalue weighted by atomic mass is 14.9. The maximum Gasteiger partial charge on any atom is 0.0375 e. The number of nitrogens with one attached hydrogen (secondary N) is 2. The molecule has 2 heterocycles. The zero-order chi connectivity index (χ0) is 19.9. The van der Waals surface area contributed by atoms with E-state index in [1.807, 2.05) is 0 Å². The molecule has 2 aromatic rings. The Hall–Kier alpha value is -1.80. The molecule has 0 amide bonds. The van der Waals surface area contributed by atoms with Crippen LogP contribution in [0.1, 0.15) is 74.4 Å². The highest BCUT2D eigenvalue weighted by Gasteiger charge is 2.28. The van der Waals surface area contributed by atoms with Crippen LogP contribution in [0.2, 0.25) is 0 Å². The summed E-state index contributed by atoms with van der Waals surface area (Å²) in [5, 5.41) is 7.14. The van der Waals surface area contributed by atoms with Crippen LogP contribution in [0.15, 0.2) is 30.3 Å². The van der Waals surface area contributed by atoms with Gasteiger partial charge in [0.25, 0.3) is 0 Å². The summed E-state index contributed by atoms with van der Waals surface area (Å²) >= 11 is 0. The third-order valence-electron chi connectivity index (χ3n) is 6.58. The number of aryl methyl sites for hydroxylation is 1. The van der Waals surface area contributed by atoms with Gasteiger partial charge in [0.2, 0.25) is 0 Å². The Bertz CT molecular complexity index is 871. The van der Waals surface area contributed by atoms with Gasteiger partial charge in [0, 0.05) is 18.8 Å². The molecule has 0 fully saturated rings. The average Bonchev–Trinajstić information content (AvgIpc) is 2.66. The van der Waals surface area contributed by atoms with E-state index in [4.69, 9.17) is 0 Å². The first-order chi connectivity index (χ1) is 13.2. The van der Waals surface area contributed by atoms with E-state index in [0.29, 0.717) is 0 Å². The van der Waals surface area contributed by atoms with E-state index in [1.165, 1.54) is 46.3 Å². The van der Waals surface area contributed by atoms with Gasteiger partial charge in [-0.25, -0.2) is 0 Å². The van der Waals surface area contributed by atoms with Gasteiger partial charge in [-0.05, 0) is 82.5 Å². The molecule has 0 spiro atoms. The van der Waals surface area contributed by atoms with Crippen LogP contribution in [0, 0.1) is 0 Å². The maximum absolute atomic E-state index is 3.61. The molecule has 2 nitrogen and oxygen atoms in total. The first kappa shape index (κ1) is 19.5.